The van der Waals surface area contributed by atoms with Crippen molar-refractivity contribution in [3.8, 4) is 5.75 Å². The summed E-state index contributed by atoms with van der Waals surface area (Å²) in [5, 5.41) is 3.54. The molecule has 0 aliphatic carbocycles. The number of rotatable bonds is 8. The van der Waals surface area contributed by atoms with E-state index in [2.05, 4.69) is 52.4 Å². The number of hydrogen-bond acceptors (Lipinski definition) is 2. The van der Waals surface area contributed by atoms with E-state index in [0.717, 1.165) is 36.2 Å². The van der Waals surface area contributed by atoms with Gasteiger partial charge in [0.1, 0.15) is 5.75 Å². The van der Waals surface area contributed by atoms with Crippen molar-refractivity contribution in [2.24, 2.45) is 0 Å². The van der Waals surface area contributed by atoms with Crippen molar-refractivity contribution in [1.29, 1.82) is 0 Å². The fraction of sp³-hybridized carbons (Fsp3) is 0.333. The molecule has 0 bridgehead atoms. The Balaban J connectivity index is 1.82. The van der Waals surface area contributed by atoms with Crippen LogP contribution in [0, 0.1) is 0 Å². The van der Waals surface area contributed by atoms with Gasteiger partial charge < -0.3 is 10.1 Å². The Morgan fingerprint density at radius 3 is 2.43 bits per heavy atom. The highest BCUT2D eigenvalue weighted by Crippen LogP contribution is 2.14. The van der Waals surface area contributed by atoms with E-state index in [-0.39, 0.29) is 0 Å². The highest BCUT2D eigenvalue weighted by atomic mass is 79.9. The van der Waals surface area contributed by atoms with Crippen LogP contribution in [0.5, 0.6) is 5.75 Å². The highest BCUT2D eigenvalue weighted by Gasteiger charge is 2.08. The number of benzene rings is 2. The fourth-order valence-corrected chi connectivity index (χ4v) is 2.57. The molecule has 112 valence electrons. The molecule has 1 atom stereocenters. The molecule has 0 radical (unpaired) electrons. The second-order valence-corrected chi connectivity index (χ2v) is 5.95. The molecule has 0 fully saturated rings. The zero-order chi connectivity index (χ0) is 14.9. The monoisotopic (exact) mass is 347 g/mol. The molecular weight excluding hydrogens is 326 g/mol. The van der Waals surface area contributed by atoms with E-state index < -0.39 is 0 Å². The Morgan fingerprint density at radius 1 is 1.05 bits per heavy atom. The van der Waals surface area contributed by atoms with Crippen LogP contribution in [-0.4, -0.2) is 19.2 Å². The Morgan fingerprint density at radius 2 is 1.76 bits per heavy atom. The number of hydrogen-bond donors (Lipinski definition) is 1. The number of para-hydroxylation sites is 1. The van der Waals surface area contributed by atoms with Crippen LogP contribution in [0.15, 0.2) is 59.1 Å². The number of nitrogens with one attached hydrogen (secondary N) is 1. The summed E-state index contributed by atoms with van der Waals surface area (Å²) in [6.07, 6.45) is 2.03. The largest absolute Gasteiger partial charge is 0.494 e. The first-order valence-electron chi connectivity index (χ1n) is 7.43. The lowest BCUT2D eigenvalue weighted by molar-refractivity contribution is 0.285. The lowest BCUT2D eigenvalue weighted by Gasteiger charge is -2.18. The van der Waals surface area contributed by atoms with Crippen LogP contribution >= 0.6 is 15.9 Å². The predicted octanol–water partition coefficient (Wildman–Crippen LogP) is 4.44. The lowest BCUT2D eigenvalue weighted by atomic mass is 10.0. The summed E-state index contributed by atoms with van der Waals surface area (Å²) in [6.45, 7) is 3.86. The Hall–Kier alpha value is -1.32. The maximum atomic E-state index is 5.79. The van der Waals surface area contributed by atoms with Crippen molar-refractivity contribution in [3.05, 3.63) is 64.6 Å². The smallest absolute Gasteiger partial charge is 0.119 e. The molecule has 21 heavy (non-hydrogen) atoms. The topological polar surface area (TPSA) is 21.3 Å². The summed E-state index contributed by atoms with van der Waals surface area (Å²) in [7, 11) is 0. The second kappa shape index (κ2) is 8.85. The third-order valence-electron chi connectivity index (χ3n) is 3.37. The average Bonchev–Trinajstić information content (AvgIpc) is 2.51. The normalized spacial score (nSPS) is 12.1. The molecule has 0 aliphatic heterocycles. The first-order chi connectivity index (χ1) is 10.3. The van der Waals surface area contributed by atoms with Gasteiger partial charge >= 0.3 is 0 Å². The Labute approximate surface area is 135 Å². The molecule has 0 saturated carbocycles. The van der Waals surface area contributed by atoms with Gasteiger partial charge in [-0.25, -0.2) is 0 Å². The van der Waals surface area contributed by atoms with Gasteiger partial charge in [0, 0.05) is 10.5 Å². The van der Waals surface area contributed by atoms with Crippen LogP contribution in [0.25, 0.3) is 0 Å². The van der Waals surface area contributed by atoms with Gasteiger partial charge in [0.25, 0.3) is 0 Å². The van der Waals surface area contributed by atoms with Crippen molar-refractivity contribution in [1.82, 2.24) is 5.32 Å². The first kappa shape index (κ1) is 16.1. The number of halogens is 1. The Kier molecular flexibility index (Phi) is 6.77. The van der Waals surface area contributed by atoms with Gasteiger partial charge in [-0.05, 0) is 49.2 Å². The van der Waals surface area contributed by atoms with E-state index in [1.807, 2.05) is 30.3 Å². The summed E-state index contributed by atoms with van der Waals surface area (Å²) in [5.74, 6) is 0.941. The van der Waals surface area contributed by atoms with Crippen LogP contribution in [0.2, 0.25) is 0 Å². The maximum Gasteiger partial charge on any atom is 0.119 e. The molecule has 0 amide bonds. The van der Waals surface area contributed by atoms with Gasteiger partial charge in [-0.3, -0.25) is 0 Å². The van der Waals surface area contributed by atoms with Crippen molar-refractivity contribution in [3.63, 3.8) is 0 Å². The molecule has 1 N–H and O–H groups in total. The van der Waals surface area contributed by atoms with Crippen LogP contribution in [0.4, 0.5) is 0 Å². The molecule has 0 aromatic heterocycles. The zero-order valence-corrected chi connectivity index (χ0v) is 14.0. The predicted molar refractivity (Wildman–Crippen MR) is 91.9 cm³/mol. The van der Waals surface area contributed by atoms with Gasteiger partial charge in [0.15, 0.2) is 0 Å². The molecule has 2 aromatic carbocycles. The van der Waals surface area contributed by atoms with E-state index in [0.29, 0.717) is 6.04 Å². The lowest BCUT2D eigenvalue weighted by Crippen LogP contribution is -2.32. The van der Waals surface area contributed by atoms with Gasteiger partial charge in [0.2, 0.25) is 0 Å². The van der Waals surface area contributed by atoms with Crippen molar-refractivity contribution >= 4 is 15.9 Å². The van der Waals surface area contributed by atoms with Gasteiger partial charge in [0.05, 0.1) is 6.61 Å². The zero-order valence-electron chi connectivity index (χ0n) is 12.4. The minimum absolute atomic E-state index is 0.444. The molecular formula is C18H22BrNO. The standard InChI is InChI=1S/C18H22BrNO/c1-2-20-17(14-15-8-10-16(19)11-9-15)12-13-21-18-6-4-3-5-7-18/h3-11,17,20H,2,12-14H2,1H3. The highest BCUT2D eigenvalue weighted by molar-refractivity contribution is 9.10. The number of ether oxygens (including phenoxy) is 1. The number of likely N-dealkylation sites (N-methyl/N-ethyl adjacent to an activating group) is 1. The van der Waals surface area contributed by atoms with Gasteiger partial charge in [-0.2, -0.15) is 0 Å². The van der Waals surface area contributed by atoms with Crippen molar-refractivity contribution in [2.45, 2.75) is 25.8 Å². The molecule has 2 aromatic rings. The SMILES string of the molecule is CCNC(CCOc1ccccc1)Cc1ccc(Br)cc1. The van der Waals surface area contributed by atoms with E-state index in [1.54, 1.807) is 0 Å². The van der Waals surface area contributed by atoms with Gasteiger partial charge in [-0.1, -0.05) is 53.2 Å². The molecule has 0 saturated heterocycles. The molecule has 1 unspecified atom stereocenters. The summed E-state index contributed by atoms with van der Waals surface area (Å²) >= 11 is 3.47. The van der Waals surface area contributed by atoms with E-state index in [1.165, 1.54) is 5.56 Å². The van der Waals surface area contributed by atoms with Crippen molar-refractivity contribution < 1.29 is 4.74 Å². The molecule has 2 rings (SSSR count). The summed E-state index contributed by atoms with van der Waals surface area (Å²) in [6, 6.07) is 19.0. The summed E-state index contributed by atoms with van der Waals surface area (Å²) in [5.41, 5.74) is 1.35. The molecule has 2 nitrogen and oxygen atoms in total. The molecule has 0 spiro atoms. The minimum atomic E-state index is 0.444. The summed E-state index contributed by atoms with van der Waals surface area (Å²) in [4.78, 5) is 0. The molecule has 0 aliphatic rings. The minimum Gasteiger partial charge on any atom is -0.494 e. The van der Waals surface area contributed by atoms with Gasteiger partial charge in [-0.15, -0.1) is 0 Å². The van der Waals surface area contributed by atoms with Crippen LogP contribution in [-0.2, 0) is 6.42 Å². The van der Waals surface area contributed by atoms with Crippen LogP contribution < -0.4 is 10.1 Å². The third-order valence-corrected chi connectivity index (χ3v) is 3.90. The summed E-state index contributed by atoms with van der Waals surface area (Å²) < 4.78 is 6.92. The first-order valence-corrected chi connectivity index (χ1v) is 8.23. The van der Waals surface area contributed by atoms with Crippen molar-refractivity contribution in [2.75, 3.05) is 13.2 Å². The van der Waals surface area contributed by atoms with E-state index in [9.17, 15) is 0 Å². The molecule has 0 heterocycles. The quantitative estimate of drug-likeness (QED) is 0.762. The average molecular weight is 348 g/mol. The van der Waals surface area contributed by atoms with Crippen LogP contribution in [0.1, 0.15) is 18.9 Å². The van der Waals surface area contributed by atoms with E-state index >= 15 is 0 Å². The molecule has 3 heteroatoms. The Bertz CT molecular complexity index is 513. The fourth-order valence-electron chi connectivity index (χ4n) is 2.31. The second-order valence-electron chi connectivity index (χ2n) is 5.04. The van der Waals surface area contributed by atoms with E-state index in [4.69, 9.17) is 4.74 Å². The third kappa shape index (κ3) is 5.90. The maximum absolute atomic E-state index is 5.79. The van der Waals surface area contributed by atoms with Crippen LogP contribution in [0.3, 0.4) is 0 Å².